The van der Waals surface area contributed by atoms with Gasteiger partial charge in [0.15, 0.2) is 0 Å². The number of hydrogen-bond acceptors (Lipinski definition) is 5. The molecule has 1 fully saturated rings. The molecular weight excluding hydrogens is 365 g/mol. The lowest BCUT2D eigenvalue weighted by Gasteiger charge is -2.34. The molecule has 9 heteroatoms. The van der Waals surface area contributed by atoms with Gasteiger partial charge in [0.1, 0.15) is 10.0 Å². The second-order valence-electron chi connectivity index (χ2n) is 4.70. The number of piperazine rings is 1. The van der Waals surface area contributed by atoms with Gasteiger partial charge >= 0.3 is 0 Å². The van der Waals surface area contributed by atoms with E-state index in [-0.39, 0.29) is 11.8 Å². The molecule has 0 N–H and O–H groups in total. The van der Waals surface area contributed by atoms with Crippen molar-refractivity contribution in [2.45, 2.75) is 0 Å². The highest BCUT2D eigenvalue weighted by atomic mass is 35.5. The van der Waals surface area contributed by atoms with Crippen LogP contribution in [0, 0.1) is 0 Å². The minimum Gasteiger partial charge on any atom is -0.335 e. The number of amides is 2. The molecule has 1 saturated heterocycles. The third-order valence-corrected chi connectivity index (χ3v) is 5.47. The molecule has 0 unspecified atom stereocenters. The summed E-state index contributed by atoms with van der Waals surface area (Å²) < 4.78 is 0.890. The summed E-state index contributed by atoms with van der Waals surface area (Å²) in [6, 6.07) is 1.59. The van der Waals surface area contributed by atoms with Crippen molar-refractivity contribution in [1.82, 2.24) is 14.8 Å². The molecule has 0 saturated carbocycles. The van der Waals surface area contributed by atoms with E-state index in [2.05, 4.69) is 4.98 Å². The Bertz CT molecular complexity index is 694. The quantitative estimate of drug-likeness (QED) is 0.809. The first-order chi connectivity index (χ1) is 10.6. The molecule has 5 nitrogen and oxygen atoms in total. The minimum atomic E-state index is -0.145. The van der Waals surface area contributed by atoms with Crippen LogP contribution in [0.2, 0.25) is 8.67 Å². The average Bonchev–Trinajstić information content (AvgIpc) is 3.15. The van der Waals surface area contributed by atoms with Crippen molar-refractivity contribution in [3.8, 4) is 0 Å². The number of rotatable bonds is 2. The molecule has 2 aromatic heterocycles. The molecule has 1 aliphatic rings. The molecule has 0 aliphatic carbocycles. The van der Waals surface area contributed by atoms with Crippen LogP contribution in [-0.2, 0) is 0 Å². The van der Waals surface area contributed by atoms with Gasteiger partial charge in [-0.3, -0.25) is 9.59 Å². The Morgan fingerprint density at radius 2 is 1.73 bits per heavy atom. The molecule has 0 spiro atoms. The molecule has 2 amide bonds. The number of carbonyl (C=O) groups is 2. The van der Waals surface area contributed by atoms with Crippen LogP contribution in [0.5, 0.6) is 0 Å². The van der Waals surface area contributed by atoms with Gasteiger partial charge in [0.2, 0.25) is 0 Å². The number of thiophene rings is 1. The smallest absolute Gasteiger partial charge is 0.273 e. The molecule has 2 aromatic rings. The third-order valence-electron chi connectivity index (χ3n) is 3.39. The molecule has 0 radical (unpaired) electrons. The zero-order valence-electron chi connectivity index (χ0n) is 11.3. The van der Waals surface area contributed by atoms with Crippen LogP contribution < -0.4 is 0 Å². The van der Waals surface area contributed by atoms with Crippen LogP contribution in [0.3, 0.4) is 0 Å². The SMILES string of the molecule is O=C(c1cscn1)N1CCN(C(=O)c2cc(Cl)sc2Cl)CC1. The fourth-order valence-electron chi connectivity index (χ4n) is 2.25. The Morgan fingerprint density at radius 3 is 2.23 bits per heavy atom. The zero-order chi connectivity index (χ0) is 15.7. The fourth-order valence-corrected chi connectivity index (χ4v) is 4.22. The molecule has 3 heterocycles. The van der Waals surface area contributed by atoms with Crippen molar-refractivity contribution in [1.29, 1.82) is 0 Å². The van der Waals surface area contributed by atoms with Crippen LogP contribution in [0.1, 0.15) is 20.8 Å². The Morgan fingerprint density at radius 1 is 1.09 bits per heavy atom. The number of carbonyl (C=O) groups excluding carboxylic acids is 2. The van der Waals surface area contributed by atoms with Crippen LogP contribution in [0.25, 0.3) is 0 Å². The molecule has 1 aliphatic heterocycles. The minimum absolute atomic E-state index is 0.0926. The molecule has 0 bridgehead atoms. The first kappa shape index (κ1) is 15.7. The van der Waals surface area contributed by atoms with E-state index in [1.165, 1.54) is 22.7 Å². The lowest BCUT2D eigenvalue weighted by atomic mass is 10.2. The summed E-state index contributed by atoms with van der Waals surface area (Å²) >= 11 is 14.5. The molecular formula is C13H11Cl2N3O2S2. The van der Waals surface area contributed by atoms with Crippen molar-refractivity contribution in [2.75, 3.05) is 26.2 Å². The number of aromatic nitrogens is 1. The summed E-state index contributed by atoms with van der Waals surface area (Å²) in [7, 11) is 0. The molecule has 0 atom stereocenters. The highest BCUT2D eigenvalue weighted by molar-refractivity contribution is 7.20. The lowest BCUT2D eigenvalue weighted by molar-refractivity contribution is 0.0533. The summed E-state index contributed by atoms with van der Waals surface area (Å²) in [6.45, 7) is 1.91. The first-order valence-electron chi connectivity index (χ1n) is 6.48. The second kappa shape index (κ2) is 6.54. The van der Waals surface area contributed by atoms with Gasteiger partial charge in [0.05, 0.1) is 15.4 Å². The maximum Gasteiger partial charge on any atom is 0.273 e. The number of thiazole rings is 1. The Kier molecular flexibility index (Phi) is 4.67. The zero-order valence-corrected chi connectivity index (χ0v) is 14.4. The third kappa shape index (κ3) is 3.12. The Balaban J connectivity index is 1.63. The Labute approximate surface area is 145 Å². The number of halogens is 2. The molecule has 22 heavy (non-hydrogen) atoms. The number of nitrogens with zero attached hydrogens (tertiary/aromatic N) is 3. The second-order valence-corrected chi connectivity index (χ2v) is 7.70. The normalized spacial score (nSPS) is 15.2. The monoisotopic (exact) mass is 375 g/mol. The van der Waals surface area contributed by atoms with Gasteiger partial charge in [-0.05, 0) is 6.07 Å². The van der Waals surface area contributed by atoms with E-state index in [0.29, 0.717) is 46.1 Å². The molecule has 116 valence electrons. The average molecular weight is 376 g/mol. The van der Waals surface area contributed by atoms with E-state index in [1.54, 1.807) is 26.8 Å². The van der Waals surface area contributed by atoms with Gasteiger partial charge in [-0.2, -0.15) is 0 Å². The van der Waals surface area contributed by atoms with Crippen molar-refractivity contribution < 1.29 is 9.59 Å². The van der Waals surface area contributed by atoms with Gasteiger partial charge in [-0.15, -0.1) is 22.7 Å². The van der Waals surface area contributed by atoms with Gasteiger partial charge in [-0.25, -0.2) is 4.98 Å². The van der Waals surface area contributed by atoms with Gasteiger partial charge in [0, 0.05) is 31.6 Å². The highest BCUT2D eigenvalue weighted by Gasteiger charge is 2.27. The van der Waals surface area contributed by atoms with Gasteiger partial charge in [-0.1, -0.05) is 23.2 Å². The lowest BCUT2D eigenvalue weighted by Crippen LogP contribution is -2.50. The summed E-state index contributed by atoms with van der Waals surface area (Å²) in [4.78, 5) is 32.0. The van der Waals surface area contributed by atoms with Crippen molar-refractivity contribution >= 4 is 57.7 Å². The summed E-state index contributed by atoms with van der Waals surface area (Å²) in [5.41, 5.74) is 2.52. The Hall–Kier alpha value is -1.15. The highest BCUT2D eigenvalue weighted by Crippen LogP contribution is 2.32. The van der Waals surface area contributed by atoms with Crippen LogP contribution in [0.15, 0.2) is 17.0 Å². The topological polar surface area (TPSA) is 53.5 Å². The van der Waals surface area contributed by atoms with Crippen LogP contribution in [-0.4, -0.2) is 52.8 Å². The van der Waals surface area contributed by atoms with E-state index in [1.807, 2.05) is 0 Å². The van der Waals surface area contributed by atoms with Gasteiger partial charge < -0.3 is 9.80 Å². The van der Waals surface area contributed by atoms with Gasteiger partial charge in [0.25, 0.3) is 11.8 Å². The van der Waals surface area contributed by atoms with Crippen LogP contribution in [0.4, 0.5) is 0 Å². The molecule has 3 rings (SSSR count). The standard InChI is InChI=1S/C13H11Cl2N3O2S2/c14-10-5-8(11(15)22-10)12(19)17-1-3-18(4-2-17)13(20)9-6-21-7-16-9/h5-7H,1-4H2. The van der Waals surface area contributed by atoms with E-state index in [9.17, 15) is 9.59 Å². The molecule has 0 aromatic carbocycles. The predicted octanol–water partition coefficient (Wildman–Crippen LogP) is 3.11. The summed E-state index contributed by atoms with van der Waals surface area (Å²) in [5, 5.41) is 1.73. The van der Waals surface area contributed by atoms with Crippen molar-refractivity contribution in [3.05, 3.63) is 36.9 Å². The van der Waals surface area contributed by atoms with E-state index < -0.39 is 0 Å². The van der Waals surface area contributed by atoms with E-state index in [0.717, 1.165) is 0 Å². The van der Waals surface area contributed by atoms with Crippen molar-refractivity contribution in [2.24, 2.45) is 0 Å². The van der Waals surface area contributed by atoms with Crippen molar-refractivity contribution in [3.63, 3.8) is 0 Å². The predicted molar refractivity (Wildman–Crippen MR) is 88.3 cm³/mol. The fraction of sp³-hybridized carbons (Fsp3) is 0.308. The largest absolute Gasteiger partial charge is 0.335 e. The van der Waals surface area contributed by atoms with Crippen LogP contribution >= 0.6 is 45.9 Å². The number of hydrogen-bond donors (Lipinski definition) is 0. The maximum absolute atomic E-state index is 12.4. The maximum atomic E-state index is 12.4. The van der Waals surface area contributed by atoms with E-state index >= 15 is 0 Å². The van der Waals surface area contributed by atoms with E-state index in [4.69, 9.17) is 23.2 Å². The summed E-state index contributed by atoms with van der Waals surface area (Å²) in [5.74, 6) is -0.237. The summed E-state index contributed by atoms with van der Waals surface area (Å²) in [6.07, 6.45) is 0. The first-order valence-corrected chi connectivity index (χ1v) is 8.99.